The van der Waals surface area contributed by atoms with Crippen molar-refractivity contribution < 1.29 is 0 Å². The fraction of sp³-hybridized carbons (Fsp3) is 0.462. The summed E-state index contributed by atoms with van der Waals surface area (Å²) in [5.41, 5.74) is 2.52. The van der Waals surface area contributed by atoms with E-state index in [0.29, 0.717) is 0 Å². The van der Waals surface area contributed by atoms with Gasteiger partial charge in [0.05, 0.1) is 5.69 Å². The third-order valence-corrected chi connectivity index (χ3v) is 2.41. The number of aromatic nitrogens is 1. The molecule has 0 fully saturated rings. The Kier molecular flexibility index (Phi) is 5.05. The molecule has 2 rings (SSSR count). The topological polar surface area (TPSA) is 16.1 Å². The smallest absolute Gasteiger partial charge is 0.0659 e. The molecule has 0 radical (unpaired) electrons. The number of hydrogen-bond acceptors (Lipinski definition) is 2. The Morgan fingerprint density at radius 3 is 2.60 bits per heavy atom. The minimum atomic E-state index is 1.05. The zero-order valence-electron chi connectivity index (χ0n) is 9.90. The molecular formula is C13H20N2. The van der Waals surface area contributed by atoms with Crippen molar-refractivity contribution in [3.05, 3.63) is 36.2 Å². The highest BCUT2D eigenvalue weighted by atomic mass is 15.1. The molecule has 0 amide bonds. The molecule has 1 aliphatic heterocycles. The summed E-state index contributed by atoms with van der Waals surface area (Å²) in [7, 11) is 2.14. The Labute approximate surface area is 92.6 Å². The molecule has 0 saturated heterocycles. The highest BCUT2D eigenvalue weighted by Crippen LogP contribution is 2.18. The van der Waals surface area contributed by atoms with Crippen molar-refractivity contribution >= 4 is 5.57 Å². The van der Waals surface area contributed by atoms with E-state index in [1.165, 1.54) is 5.57 Å². The second kappa shape index (κ2) is 6.36. The number of likely N-dealkylation sites (N-methyl/N-ethyl adjacent to an activating group) is 1. The van der Waals surface area contributed by atoms with Crippen molar-refractivity contribution in [1.82, 2.24) is 9.88 Å². The van der Waals surface area contributed by atoms with Crippen molar-refractivity contribution in [3.63, 3.8) is 0 Å². The molecular weight excluding hydrogens is 184 g/mol. The van der Waals surface area contributed by atoms with Gasteiger partial charge in [0.25, 0.3) is 0 Å². The molecule has 1 aromatic heterocycles. The lowest BCUT2D eigenvalue weighted by Crippen LogP contribution is -2.23. The van der Waals surface area contributed by atoms with Gasteiger partial charge < -0.3 is 4.90 Å². The van der Waals surface area contributed by atoms with Crippen LogP contribution >= 0.6 is 0 Å². The summed E-state index contributed by atoms with van der Waals surface area (Å²) < 4.78 is 0. The van der Waals surface area contributed by atoms with Gasteiger partial charge in [-0.15, -0.1) is 0 Å². The molecule has 2 heterocycles. The number of pyridine rings is 1. The molecule has 82 valence electrons. The quantitative estimate of drug-likeness (QED) is 0.699. The van der Waals surface area contributed by atoms with Gasteiger partial charge >= 0.3 is 0 Å². The molecule has 0 aliphatic carbocycles. The first-order valence-electron chi connectivity index (χ1n) is 5.65. The largest absolute Gasteiger partial charge is 0.302 e. The molecule has 1 aromatic rings. The minimum Gasteiger partial charge on any atom is -0.302 e. The summed E-state index contributed by atoms with van der Waals surface area (Å²) in [6.07, 6.45) is 5.24. The summed E-state index contributed by atoms with van der Waals surface area (Å²) in [4.78, 5) is 6.65. The molecule has 0 spiro atoms. The first-order valence-corrected chi connectivity index (χ1v) is 5.65. The molecule has 0 unspecified atom stereocenters. The van der Waals surface area contributed by atoms with Gasteiger partial charge in [0.15, 0.2) is 0 Å². The van der Waals surface area contributed by atoms with E-state index in [-0.39, 0.29) is 0 Å². The molecule has 0 saturated carbocycles. The maximum Gasteiger partial charge on any atom is 0.0659 e. The Balaban J connectivity index is 0.000000531. The Hall–Kier alpha value is -1.15. The molecule has 2 heteroatoms. The van der Waals surface area contributed by atoms with Gasteiger partial charge in [-0.1, -0.05) is 26.0 Å². The summed E-state index contributed by atoms with van der Waals surface area (Å²) in [6.45, 7) is 6.19. The first-order chi connectivity index (χ1) is 7.36. The van der Waals surface area contributed by atoms with E-state index >= 15 is 0 Å². The lowest BCUT2D eigenvalue weighted by Gasteiger charge is -2.21. The van der Waals surface area contributed by atoms with Crippen molar-refractivity contribution in [1.29, 1.82) is 0 Å². The molecule has 0 atom stereocenters. The van der Waals surface area contributed by atoms with Gasteiger partial charge in [0, 0.05) is 19.3 Å². The second-order valence-electron chi connectivity index (χ2n) is 3.46. The number of nitrogens with zero attached hydrogens (tertiary/aromatic N) is 2. The van der Waals surface area contributed by atoms with Crippen LogP contribution in [0.1, 0.15) is 26.0 Å². The van der Waals surface area contributed by atoms with Crippen LogP contribution in [0, 0.1) is 0 Å². The van der Waals surface area contributed by atoms with Crippen LogP contribution in [0.5, 0.6) is 0 Å². The van der Waals surface area contributed by atoms with Gasteiger partial charge in [-0.25, -0.2) is 0 Å². The van der Waals surface area contributed by atoms with Crippen LogP contribution in [0.25, 0.3) is 5.57 Å². The van der Waals surface area contributed by atoms with E-state index < -0.39 is 0 Å². The summed E-state index contributed by atoms with van der Waals surface area (Å²) in [5, 5.41) is 0. The highest BCUT2D eigenvalue weighted by Gasteiger charge is 2.09. The Morgan fingerprint density at radius 2 is 2.07 bits per heavy atom. The van der Waals surface area contributed by atoms with Crippen LogP contribution < -0.4 is 0 Å². The summed E-state index contributed by atoms with van der Waals surface area (Å²) >= 11 is 0. The predicted octanol–water partition coefficient (Wildman–Crippen LogP) is 2.83. The average molecular weight is 204 g/mol. The SMILES string of the molecule is CC.CN1CC=C(c2ccccn2)CC1. The molecule has 0 aromatic carbocycles. The monoisotopic (exact) mass is 204 g/mol. The van der Waals surface area contributed by atoms with E-state index in [9.17, 15) is 0 Å². The van der Waals surface area contributed by atoms with Crippen LogP contribution in [-0.2, 0) is 0 Å². The standard InChI is InChI=1S/C11H14N2.C2H6/c1-13-8-5-10(6-9-13)11-4-2-3-7-12-11;1-2/h2-5,7H,6,8-9H2,1H3;1-2H3. The van der Waals surface area contributed by atoms with Crippen LogP contribution in [0.15, 0.2) is 30.5 Å². The van der Waals surface area contributed by atoms with Gasteiger partial charge in [0.1, 0.15) is 0 Å². The van der Waals surface area contributed by atoms with Crippen molar-refractivity contribution in [2.45, 2.75) is 20.3 Å². The molecule has 0 bridgehead atoms. The Morgan fingerprint density at radius 1 is 1.27 bits per heavy atom. The Bertz CT molecular complexity index is 304. The fourth-order valence-corrected chi connectivity index (χ4v) is 1.56. The normalized spacial score (nSPS) is 16.3. The van der Waals surface area contributed by atoms with E-state index in [1.54, 1.807) is 0 Å². The highest BCUT2D eigenvalue weighted by molar-refractivity contribution is 5.63. The van der Waals surface area contributed by atoms with Crippen LogP contribution in [0.2, 0.25) is 0 Å². The molecule has 2 nitrogen and oxygen atoms in total. The average Bonchev–Trinajstić information content (AvgIpc) is 2.34. The lowest BCUT2D eigenvalue weighted by atomic mass is 10.0. The van der Waals surface area contributed by atoms with Gasteiger partial charge in [-0.3, -0.25) is 4.98 Å². The van der Waals surface area contributed by atoms with Crippen LogP contribution in [0.3, 0.4) is 0 Å². The predicted molar refractivity (Wildman–Crippen MR) is 65.7 cm³/mol. The van der Waals surface area contributed by atoms with Crippen molar-refractivity contribution in [2.24, 2.45) is 0 Å². The van der Waals surface area contributed by atoms with Crippen molar-refractivity contribution in [2.75, 3.05) is 20.1 Å². The number of hydrogen-bond donors (Lipinski definition) is 0. The molecule has 0 N–H and O–H groups in total. The van der Waals surface area contributed by atoms with Gasteiger partial charge in [0.2, 0.25) is 0 Å². The van der Waals surface area contributed by atoms with E-state index in [0.717, 1.165) is 25.2 Å². The van der Waals surface area contributed by atoms with Crippen LogP contribution in [-0.4, -0.2) is 30.0 Å². The first kappa shape index (κ1) is 11.9. The van der Waals surface area contributed by atoms with Crippen molar-refractivity contribution in [3.8, 4) is 0 Å². The van der Waals surface area contributed by atoms with E-state index in [4.69, 9.17) is 0 Å². The summed E-state index contributed by atoms with van der Waals surface area (Å²) in [5.74, 6) is 0. The number of rotatable bonds is 1. The van der Waals surface area contributed by atoms with E-state index in [2.05, 4.69) is 29.1 Å². The minimum absolute atomic E-state index is 1.05. The van der Waals surface area contributed by atoms with E-state index in [1.807, 2.05) is 32.2 Å². The maximum absolute atomic E-state index is 4.34. The van der Waals surface area contributed by atoms with Gasteiger partial charge in [-0.05, 0) is 31.2 Å². The maximum atomic E-state index is 4.34. The lowest BCUT2D eigenvalue weighted by molar-refractivity contribution is 0.370. The molecule has 1 aliphatic rings. The fourth-order valence-electron chi connectivity index (χ4n) is 1.56. The zero-order chi connectivity index (χ0) is 11.1. The summed E-state index contributed by atoms with van der Waals surface area (Å²) in [6, 6.07) is 6.08. The third-order valence-electron chi connectivity index (χ3n) is 2.41. The second-order valence-corrected chi connectivity index (χ2v) is 3.46. The third kappa shape index (κ3) is 3.48. The zero-order valence-corrected chi connectivity index (χ0v) is 9.90. The van der Waals surface area contributed by atoms with Gasteiger partial charge in [-0.2, -0.15) is 0 Å². The molecule has 15 heavy (non-hydrogen) atoms. The van der Waals surface area contributed by atoms with Crippen LogP contribution in [0.4, 0.5) is 0 Å².